The van der Waals surface area contributed by atoms with Gasteiger partial charge in [0.25, 0.3) is 0 Å². The molecule has 1 aromatic carbocycles. The SMILES string of the molecule is Cc1cc(C)n(CCCNC(=S)Nc2c(C)nn(Cc3c(F)cccc3Cl)c2C)n1. The maximum absolute atomic E-state index is 14.1. The lowest BCUT2D eigenvalue weighted by Crippen LogP contribution is -2.30. The van der Waals surface area contributed by atoms with Crippen LogP contribution in [0.5, 0.6) is 0 Å². The molecule has 0 radical (unpaired) electrons. The first-order chi connectivity index (χ1) is 14.3. The lowest BCUT2D eigenvalue weighted by atomic mass is 10.2. The van der Waals surface area contributed by atoms with E-state index in [0.717, 1.165) is 48.0 Å². The summed E-state index contributed by atoms with van der Waals surface area (Å²) in [5, 5.41) is 16.3. The maximum Gasteiger partial charge on any atom is 0.170 e. The molecule has 2 heterocycles. The Labute approximate surface area is 186 Å². The molecule has 0 saturated carbocycles. The fourth-order valence-electron chi connectivity index (χ4n) is 3.35. The molecule has 6 nitrogen and oxygen atoms in total. The van der Waals surface area contributed by atoms with Crippen LogP contribution in [0.4, 0.5) is 10.1 Å². The molecule has 0 bridgehead atoms. The molecule has 0 fully saturated rings. The zero-order valence-electron chi connectivity index (χ0n) is 17.6. The Morgan fingerprint density at radius 3 is 2.60 bits per heavy atom. The Bertz CT molecular complexity index is 1040. The minimum atomic E-state index is -0.343. The number of thiocarbonyl (C=S) groups is 1. The molecule has 0 amide bonds. The number of anilines is 1. The third kappa shape index (κ3) is 5.17. The van der Waals surface area contributed by atoms with Crippen molar-refractivity contribution < 1.29 is 4.39 Å². The van der Waals surface area contributed by atoms with Crippen LogP contribution in [0.25, 0.3) is 0 Å². The topological polar surface area (TPSA) is 59.7 Å². The van der Waals surface area contributed by atoms with E-state index in [1.165, 1.54) is 6.07 Å². The third-order valence-electron chi connectivity index (χ3n) is 4.93. The van der Waals surface area contributed by atoms with E-state index in [2.05, 4.69) is 33.8 Å². The van der Waals surface area contributed by atoms with E-state index in [-0.39, 0.29) is 12.4 Å². The molecule has 0 unspecified atom stereocenters. The van der Waals surface area contributed by atoms with Crippen molar-refractivity contribution in [1.29, 1.82) is 0 Å². The highest BCUT2D eigenvalue weighted by Crippen LogP contribution is 2.24. The quantitative estimate of drug-likeness (QED) is 0.410. The molecule has 3 rings (SSSR count). The van der Waals surface area contributed by atoms with Gasteiger partial charge in [0, 0.05) is 29.4 Å². The van der Waals surface area contributed by atoms with Gasteiger partial charge in [-0.05, 0) is 64.5 Å². The number of hydrogen-bond acceptors (Lipinski definition) is 3. The van der Waals surface area contributed by atoms with E-state index in [1.54, 1.807) is 16.8 Å². The van der Waals surface area contributed by atoms with Gasteiger partial charge in [-0.15, -0.1) is 0 Å². The molecule has 30 heavy (non-hydrogen) atoms. The van der Waals surface area contributed by atoms with Gasteiger partial charge in [-0.2, -0.15) is 10.2 Å². The van der Waals surface area contributed by atoms with Crippen molar-refractivity contribution in [2.75, 3.05) is 11.9 Å². The lowest BCUT2D eigenvalue weighted by Gasteiger charge is -2.12. The van der Waals surface area contributed by atoms with Gasteiger partial charge in [0.1, 0.15) is 5.82 Å². The summed E-state index contributed by atoms with van der Waals surface area (Å²) in [7, 11) is 0. The van der Waals surface area contributed by atoms with Crippen LogP contribution in [-0.4, -0.2) is 31.2 Å². The zero-order valence-corrected chi connectivity index (χ0v) is 19.2. The normalized spacial score (nSPS) is 11.0. The summed E-state index contributed by atoms with van der Waals surface area (Å²) in [5.41, 5.74) is 5.06. The second kappa shape index (κ2) is 9.57. The molecular weight excluding hydrogens is 423 g/mol. The van der Waals surface area contributed by atoms with E-state index < -0.39 is 0 Å². The minimum Gasteiger partial charge on any atom is -0.362 e. The highest BCUT2D eigenvalue weighted by atomic mass is 35.5. The van der Waals surface area contributed by atoms with Crippen molar-refractivity contribution in [2.45, 2.75) is 47.2 Å². The number of aromatic nitrogens is 4. The van der Waals surface area contributed by atoms with E-state index in [0.29, 0.717) is 15.7 Å². The number of halogens is 2. The molecule has 2 N–H and O–H groups in total. The first-order valence-corrected chi connectivity index (χ1v) is 10.6. The largest absolute Gasteiger partial charge is 0.362 e. The Balaban J connectivity index is 1.57. The van der Waals surface area contributed by atoms with Crippen molar-refractivity contribution in [3.63, 3.8) is 0 Å². The van der Waals surface area contributed by atoms with Crippen molar-refractivity contribution in [1.82, 2.24) is 24.9 Å². The molecule has 0 aliphatic carbocycles. The van der Waals surface area contributed by atoms with Crippen LogP contribution in [0.15, 0.2) is 24.3 Å². The Morgan fingerprint density at radius 1 is 1.17 bits per heavy atom. The molecule has 0 aliphatic rings. The van der Waals surface area contributed by atoms with Crippen LogP contribution in [0, 0.1) is 33.5 Å². The number of hydrogen-bond donors (Lipinski definition) is 2. The molecule has 0 spiro atoms. The van der Waals surface area contributed by atoms with E-state index in [4.69, 9.17) is 23.8 Å². The van der Waals surface area contributed by atoms with Crippen LogP contribution >= 0.6 is 23.8 Å². The minimum absolute atomic E-state index is 0.253. The Morgan fingerprint density at radius 2 is 1.93 bits per heavy atom. The smallest absolute Gasteiger partial charge is 0.170 e. The molecule has 3 aromatic rings. The molecule has 2 aromatic heterocycles. The van der Waals surface area contributed by atoms with Gasteiger partial charge in [-0.1, -0.05) is 17.7 Å². The van der Waals surface area contributed by atoms with Gasteiger partial charge in [0.15, 0.2) is 5.11 Å². The van der Waals surface area contributed by atoms with Crippen molar-refractivity contribution in [3.05, 3.63) is 63.4 Å². The average molecular weight is 449 g/mol. The number of rotatable bonds is 7. The molecule has 160 valence electrons. The van der Waals surface area contributed by atoms with Gasteiger partial charge in [0.2, 0.25) is 0 Å². The average Bonchev–Trinajstić information content (AvgIpc) is 3.14. The van der Waals surface area contributed by atoms with Gasteiger partial charge < -0.3 is 10.6 Å². The first-order valence-electron chi connectivity index (χ1n) is 9.79. The van der Waals surface area contributed by atoms with Crippen molar-refractivity contribution in [2.24, 2.45) is 0 Å². The summed E-state index contributed by atoms with van der Waals surface area (Å²) in [6.45, 7) is 9.66. The van der Waals surface area contributed by atoms with E-state index >= 15 is 0 Å². The van der Waals surface area contributed by atoms with Gasteiger partial charge in [-0.25, -0.2) is 4.39 Å². The van der Waals surface area contributed by atoms with Crippen LogP contribution in [0.2, 0.25) is 5.02 Å². The fraction of sp³-hybridized carbons (Fsp3) is 0.381. The molecule has 0 atom stereocenters. The van der Waals surface area contributed by atoms with Crippen LogP contribution in [0.1, 0.15) is 34.8 Å². The maximum atomic E-state index is 14.1. The highest BCUT2D eigenvalue weighted by Gasteiger charge is 2.15. The van der Waals surface area contributed by atoms with E-state index in [9.17, 15) is 4.39 Å². The number of nitrogens with one attached hydrogen (secondary N) is 2. The second-order valence-electron chi connectivity index (χ2n) is 7.29. The summed E-state index contributed by atoms with van der Waals surface area (Å²) in [4.78, 5) is 0. The Hall–Kier alpha value is -2.45. The predicted octanol–water partition coefficient (Wildman–Crippen LogP) is 4.53. The molecule has 9 heteroatoms. The first kappa shape index (κ1) is 22.2. The van der Waals surface area contributed by atoms with Gasteiger partial charge >= 0.3 is 0 Å². The lowest BCUT2D eigenvalue weighted by molar-refractivity contribution is 0.558. The number of nitrogens with zero attached hydrogens (tertiary/aromatic N) is 4. The number of benzene rings is 1. The summed E-state index contributed by atoms with van der Waals surface area (Å²) in [6, 6.07) is 6.73. The monoisotopic (exact) mass is 448 g/mol. The fourth-order valence-corrected chi connectivity index (χ4v) is 3.78. The molecule has 0 aliphatic heterocycles. The van der Waals surface area contributed by atoms with Crippen LogP contribution in [0.3, 0.4) is 0 Å². The van der Waals surface area contributed by atoms with Crippen molar-refractivity contribution in [3.8, 4) is 0 Å². The summed E-state index contributed by atoms with van der Waals surface area (Å²) in [5.74, 6) is -0.343. The highest BCUT2D eigenvalue weighted by molar-refractivity contribution is 7.80. The second-order valence-corrected chi connectivity index (χ2v) is 8.10. The Kier molecular flexibility index (Phi) is 7.10. The zero-order chi connectivity index (χ0) is 21.8. The number of aryl methyl sites for hydroxylation is 4. The van der Waals surface area contributed by atoms with Gasteiger partial charge in [-0.3, -0.25) is 9.36 Å². The van der Waals surface area contributed by atoms with Crippen LogP contribution < -0.4 is 10.6 Å². The van der Waals surface area contributed by atoms with Crippen LogP contribution in [-0.2, 0) is 13.1 Å². The van der Waals surface area contributed by atoms with Gasteiger partial charge in [0.05, 0.1) is 29.3 Å². The molecule has 0 saturated heterocycles. The summed E-state index contributed by atoms with van der Waals surface area (Å²) >= 11 is 11.6. The summed E-state index contributed by atoms with van der Waals surface area (Å²) < 4.78 is 17.9. The standard InChI is InChI=1S/C21H26ClFN6S/c1-13-11-14(2)28(26-13)10-6-9-24-21(30)25-20-15(3)27-29(16(20)4)12-17-18(22)7-5-8-19(17)23/h5,7-8,11H,6,9-10,12H2,1-4H3,(H2,24,25,30). The predicted molar refractivity (Wildman–Crippen MR) is 123 cm³/mol. The van der Waals surface area contributed by atoms with Crippen molar-refractivity contribution >= 4 is 34.6 Å². The molecular formula is C21H26ClFN6S. The third-order valence-corrected chi connectivity index (χ3v) is 5.53. The van der Waals surface area contributed by atoms with E-state index in [1.807, 2.05) is 25.5 Å². The summed E-state index contributed by atoms with van der Waals surface area (Å²) in [6.07, 6.45) is 0.896.